The number of hydrogen-bond donors (Lipinski definition) is 0. The van der Waals surface area contributed by atoms with E-state index < -0.39 is 42.7 Å². The summed E-state index contributed by atoms with van der Waals surface area (Å²) in [5, 5.41) is 0.895. The van der Waals surface area contributed by atoms with Crippen molar-refractivity contribution in [2.75, 3.05) is 16.5 Å². The van der Waals surface area contributed by atoms with Gasteiger partial charge in [-0.15, -0.1) is 0 Å². The van der Waals surface area contributed by atoms with E-state index >= 15 is 0 Å². The molecule has 3 aliphatic rings. The van der Waals surface area contributed by atoms with E-state index in [1.165, 1.54) is 16.3 Å². The Labute approximate surface area is 472 Å². The second kappa shape index (κ2) is 20.9. The average Bonchev–Trinajstić information content (AvgIpc) is 4.16. The minimum atomic E-state index is -0.821. The molecule has 408 valence electrons. The third kappa shape index (κ3) is 11.8. The van der Waals surface area contributed by atoms with Crippen molar-refractivity contribution in [1.82, 2.24) is 14.5 Å². The van der Waals surface area contributed by atoms with Gasteiger partial charge in [-0.3, -0.25) is 9.55 Å². The second-order valence-electron chi connectivity index (χ2n) is 28.4. The molecule has 2 saturated heterocycles. The van der Waals surface area contributed by atoms with E-state index in [0.717, 1.165) is 67.2 Å². The number of benzene rings is 4. The van der Waals surface area contributed by atoms with E-state index in [2.05, 4.69) is 236 Å². The van der Waals surface area contributed by atoms with E-state index in [0.29, 0.717) is 19.9 Å². The summed E-state index contributed by atoms with van der Waals surface area (Å²) >= 11 is 0. The Kier molecular flexibility index (Phi) is 15.1. The number of para-hydroxylation sites is 3. The Hall–Kier alpha value is -5.31. The van der Waals surface area contributed by atoms with Crippen molar-refractivity contribution in [3.63, 3.8) is 0 Å². The van der Waals surface area contributed by atoms with Crippen molar-refractivity contribution in [1.29, 1.82) is 0 Å². The van der Waals surface area contributed by atoms with E-state index in [4.69, 9.17) is 42.1 Å². The third-order valence-electron chi connectivity index (χ3n) is 15.1. The van der Waals surface area contributed by atoms with Crippen LogP contribution >= 0.6 is 0 Å². The highest BCUT2D eigenvalue weighted by molar-refractivity contribution is 6.84. The molecule has 0 spiro atoms. The molecule has 79 heavy (non-hydrogen) atoms. The molecule has 0 amide bonds. The van der Waals surface area contributed by atoms with Gasteiger partial charge in [-0.25, -0.2) is 4.98 Å². The van der Waals surface area contributed by atoms with Gasteiger partial charge in [0.2, 0.25) is 0 Å². The van der Waals surface area contributed by atoms with Crippen molar-refractivity contribution in [3.05, 3.63) is 138 Å². The Balaban J connectivity index is 1.02. The molecule has 0 unspecified atom stereocenters. The highest BCUT2D eigenvalue weighted by atomic mass is 16.7. The number of rotatable bonds is 9. The first-order chi connectivity index (χ1) is 36.9. The lowest BCUT2D eigenvalue weighted by molar-refractivity contribution is 0.107. The van der Waals surface area contributed by atoms with Gasteiger partial charge in [0, 0.05) is 39.8 Å². The summed E-state index contributed by atoms with van der Waals surface area (Å²) in [6.45, 7) is 40.4. The molecule has 0 bridgehead atoms. The third-order valence-corrected chi connectivity index (χ3v) is 15.1. The number of hydrogen-bond acceptors (Lipinski definition) is 11. The zero-order chi connectivity index (χ0) is 56.8. The first-order valence-corrected chi connectivity index (χ1v) is 28.2. The standard InChI is InChI=1S/C61H79B6N5O7/c1-56(2,3)43-29-30-69-54(35-43)72-50-24-20-19-23-46(50)47-28-27-41(32-53(47)72)38-73-39-42-31-45(37-68-36-42)70-40-71(52-26-22-21-25-51(52)70)55-48(62-74-64(58(7,8)9)78-65(75-62)59(10,11)12)33-44(57(4,5)6)34-49(55)63-76-66(60(13,14)15)79-67(77-63)61(16,17)18/h19-37H,38-40H2,1-18H3. The number of pyridine rings is 2. The van der Waals surface area contributed by atoms with Gasteiger partial charge in [0.1, 0.15) is 12.5 Å². The first-order valence-electron chi connectivity index (χ1n) is 28.2. The number of fused-ring (bicyclic) bond motifs is 4. The lowest BCUT2D eigenvalue weighted by atomic mass is 9.49. The van der Waals surface area contributed by atoms with Crippen LogP contribution in [0, 0.1) is 0 Å². The van der Waals surface area contributed by atoms with Gasteiger partial charge in [-0.2, -0.15) is 0 Å². The fraction of sp³-hybridized carbons (Fsp3) is 0.443. The summed E-state index contributed by atoms with van der Waals surface area (Å²) < 4.78 is 50.5. The lowest BCUT2D eigenvalue weighted by Gasteiger charge is -2.43. The van der Waals surface area contributed by atoms with Crippen LogP contribution < -0.4 is 20.7 Å². The topological polar surface area (TPSA) is 102 Å². The second-order valence-corrected chi connectivity index (χ2v) is 28.4. The van der Waals surface area contributed by atoms with Gasteiger partial charge in [0.05, 0.1) is 47.5 Å². The summed E-state index contributed by atoms with van der Waals surface area (Å²) in [7, 11) is -3.93. The number of nitrogens with zero attached hydrogens (tertiary/aromatic N) is 5. The Morgan fingerprint density at radius 2 is 0.987 bits per heavy atom. The highest BCUT2D eigenvalue weighted by Gasteiger charge is 2.55. The maximum Gasteiger partial charge on any atom is 0.468 e. The van der Waals surface area contributed by atoms with Crippen LogP contribution in [0.3, 0.4) is 0 Å². The Morgan fingerprint density at radius 1 is 0.481 bits per heavy atom. The summed E-state index contributed by atoms with van der Waals surface area (Å²) in [5.41, 5.74) is 11.8. The molecule has 0 atom stereocenters. The zero-order valence-corrected chi connectivity index (χ0v) is 50.1. The van der Waals surface area contributed by atoms with Gasteiger partial charge < -0.3 is 42.0 Å². The van der Waals surface area contributed by atoms with Crippen molar-refractivity contribution >= 4 is 98.2 Å². The van der Waals surface area contributed by atoms with E-state index in [9.17, 15) is 0 Å². The molecule has 12 nitrogen and oxygen atoms in total. The van der Waals surface area contributed by atoms with E-state index in [-0.39, 0.29) is 32.1 Å². The molecule has 3 aromatic heterocycles. The molecule has 7 aromatic rings. The van der Waals surface area contributed by atoms with Gasteiger partial charge in [0.25, 0.3) is 0 Å². The predicted molar refractivity (Wildman–Crippen MR) is 330 cm³/mol. The van der Waals surface area contributed by atoms with Crippen LogP contribution in [-0.4, -0.2) is 63.9 Å². The quantitative estimate of drug-likeness (QED) is 0.129. The largest absolute Gasteiger partial charge is 0.468 e. The zero-order valence-electron chi connectivity index (χ0n) is 50.1. The van der Waals surface area contributed by atoms with E-state index in [1.807, 2.05) is 18.6 Å². The minimum absolute atomic E-state index is 0.0185. The molecule has 0 radical (unpaired) electrons. The smallest absolute Gasteiger partial charge is 0.452 e. The maximum absolute atomic E-state index is 7.07. The molecular formula is C61H79B6N5O7. The molecule has 10 rings (SSSR count). The van der Waals surface area contributed by atoms with Crippen molar-refractivity contribution in [3.8, 4) is 5.82 Å². The summed E-state index contributed by atoms with van der Waals surface area (Å²) in [6, 6.07) is 34.8. The summed E-state index contributed by atoms with van der Waals surface area (Å²) in [4.78, 5) is 14.4. The summed E-state index contributed by atoms with van der Waals surface area (Å²) in [6.07, 6.45) is 5.75. The molecule has 18 heteroatoms. The molecule has 2 fully saturated rings. The van der Waals surface area contributed by atoms with Crippen molar-refractivity contribution < 1.29 is 32.2 Å². The van der Waals surface area contributed by atoms with Gasteiger partial charge >= 0.3 is 42.7 Å². The van der Waals surface area contributed by atoms with Crippen LogP contribution in [0.25, 0.3) is 27.6 Å². The normalized spacial score (nSPS) is 16.3. The molecular weight excluding hydrogens is 980 g/mol. The molecule has 4 aromatic carbocycles. The number of aromatic nitrogens is 3. The van der Waals surface area contributed by atoms with Gasteiger partial charge in [-0.1, -0.05) is 179 Å². The fourth-order valence-electron chi connectivity index (χ4n) is 10.5. The molecule has 0 saturated carbocycles. The van der Waals surface area contributed by atoms with Crippen LogP contribution in [-0.2, 0) is 56.2 Å². The van der Waals surface area contributed by atoms with Gasteiger partial charge in [-0.05, 0) is 96.8 Å². The van der Waals surface area contributed by atoms with E-state index in [1.54, 1.807) is 0 Å². The van der Waals surface area contributed by atoms with Gasteiger partial charge in [0.15, 0.2) is 0 Å². The van der Waals surface area contributed by atoms with Crippen LogP contribution in [0.5, 0.6) is 0 Å². The number of ether oxygens (including phenoxy) is 1. The first kappa shape index (κ1) is 56.9. The van der Waals surface area contributed by atoms with Crippen molar-refractivity contribution in [2.24, 2.45) is 0 Å². The summed E-state index contributed by atoms with van der Waals surface area (Å²) in [5.74, 6) is 0.901. The predicted octanol–water partition coefficient (Wildman–Crippen LogP) is 13.8. The SMILES string of the molecule is CC(C)(C)B1OB(c2cc(C(C)(C)C)cc(B3OB(C(C)(C)C)OB(C(C)(C)C)O3)c2N2CN(c3cncc(COCc4ccc5c6ccccc6n(-c6cc(C(C)(C)C)ccn6)c5c4)c3)c3ccccc32)OB(C(C)(C)C)O1. The van der Waals surface area contributed by atoms with Crippen LogP contribution in [0.4, 0.5) is 22.7 Å². The number of anilines is 4. The highest BCUT2D eigenvalue weighted by Crippen LogP contribution is 2.46. The molecule has 0 aliphatic carbocycles. The molecule has 0 N–H and O–H groups in total. The van der Waals surface area contributed by atoms with Crippen LogP contribution in [0.15, 0.2) is 116 Å². The monoisotopic (exact) mass is 1060 g/mol. The maximum atomic E-state index is 7.07. The molecule has 6 heterocycles. The lowest BCUT2D eigenvalue weighted by Crippen LogP contribution is -2.62. The molecule has 3 aliphatic heterocycles. The van der Waals surface area contributed by atoms with Crippen LogP contribution in [0.2, 0.25) is 21.3 Å². The average molecular weight is 1060 g/mol. The fourth-order valence-corrected chi connectivity index (χ4v) is 10.5. The van der Waals surface area contributed by atoms with Crippen molar-refractivity contribution in [2.45, 2.75) is 170 Å². The Bertz CT molecular complexity index is 3260. The van der Waals surface area contributed by atoms with Crippen LogP contribution in [0.1, 0.15) is 147 Å². The Morgan fingerprint density at radius 3 is 1.53 bits per heavy atom. The minimum Gasteiger partial charge on any atom is -0.452 e.